The first-order valence-electron chi connectivity index (χ1n) is 9.15. The number of hydrogen-bond donors (Lipinski definition) is 0. The largest absolute Gasteiger partial charge is 0.292 e. The second-order valence-corrected chi connectivity index (χ2v) is 9.56. The minimum Gasteiger partial charge on any atom is -0.292 e. The van der Waals surface area contributed by atoms with Gasteiger partial charge in [-0.15, -0.1) is 0 Å². The van der Waals surface area contributed by atoms with Gasteiger partial charge in [0.2, 0.25) is 0 Å². The van der Waals surface area contributed by atoms with Crippen LogP contribution in [0, 0.1) is 6.92 Å². The standard InChI is InChI=1S/C20H25N3O2S/c1-16-6-5-9-18(21-16)13-23-11-10-22(12-17-7-3-2-4-8-17)19-14-26(24,25)15-20(19)23/h2-9,19-20H,10-15H2,1H3/t19-,20+/m1/s1. The Morgan fingerprint density at radius 1 is 0.923 bits per heavy atom. The molecule has 0 unspecified atom stereocenters. The van der Waals surface area contributed by atoms with Crippen molar-refractivity contribution in [2.75, 3.05) is 24.6 Å². The molecule has 0 radical (unpaired) electrons. The zero-order valence-electron chi connectivity index (χ0n) is 15.1. The summed E-state index contributed by atoms with van der Waals surface area (Å²) in [5.41, 5.74) is 3.26. The van der Waals surface area contributed by atoms with Crippen molar-refractivity contribution in [2.24, 2.45) is 0 Å². The maximum absolute atomic E-state index is 12.4. The van der Waals surface area contributed by atoms with Gasteiger partial charge in [-0.1, -0.05) is 36.4 Å². The Balaban J connectivity index is 1.54. The first-order chi connectivity index (χ1) is 12.5. The number of sulfone groups is 1. The molecule has 2 aliphatic rings. The smallest absolute Gasteiger partial charge is 0.153 e. The van der Waals surface area contributed by atoms with Crippen molar-refractivity contribution < 1.29 is 8.42 Å². The van der Waals surface area contributed by atoms with E-state index in [1.165, 1.54) is 5.56 Å². The number of hydrogen-bond acceptors (Lipinski definition) is 5. The number of benzene rings is 1. The van der Waals surface area contributed by atoms with Crippen molar-refractivity contribution in [2.45, 2.75) is 32.1 Å². The number of aromatic nitrogens is 1. The van der Waals surface area contributed by atoms with Crippen LogP contribution in [0.5, 0.6) is 0 Å². The molecule has 6 heteroatoms. The molecule has 2 aromatic rings. The Hall–Kier alpha value is -1.76. The minimum absolute atomic E-state index is 0.0553. The van der Waals surface area contributed by atoms with Crippen LogP contribution in [0.15, 0.2) is 48.5 Å². The lowest BCUT2D eigenvalue weighted by atomic mass is 10.0. The maximum atomic E-state index is 12.4. The monoisotopic (exact) mass is 371 g/mol. The van der Waals surface area contributed by atoms with Crippen LogP contribution in [0.2, 0.25) is 0 Å². The fraction of sp³-hybridized carbons (Fsp3) is 0.450. The van der Waals surface area contributed by atoms with Gasteiger partial charge in [0, 0.05) is 44.0 Å². The predicted octanol–water partition coefficient (Wildman–Crippen LogP) is 1.87. The molecule has 26 heavy (non-hydrogen) atoms. The molecule has 2 fully saturated rings. The highest BCUT2D eigenvalue weighted by molar-refractivity contribution is 7.91. The fourth-order valence-corrected chi connectivity index (χ4v) is 6.25. The highest BCUT2D eigenvalue weighted by Gasteiger charge is 2.46. The lowest BCUT2D eigenvalue weighted by molar-refractivity contribution is 0.0347. The molecule has 3 heterocycles. The zero-order valence-corrected chi connectivity index (χ0v) is 15.9. The van der Waals surface area contributed by atoms with Gasteiger partial charge < -0.3 is 0 Å². The summed E-state index contributed by atoms with van der Waals surface area (Å²) in [5, 5.41) is 0. The Morgan fingerprint density at radius 3 is 2.23 bits per heavy atom. The van der Waals surface area contributed by atoms with Crippen LogP contribution in [0.3, 0.4) is 0 Å². The van der Waals surface area contributed by atoms with Crippen LogP contribution < -0.4 is 0 Å². The van der Waals surface area contributed by atoms with E-state index in [2.05, 4.69) is 26.9 Å². The topological polar surface area (TPSA) is 53.5 Å². The van der Waals surface area contributed by atoms with Gasteiger partial charge >= 0.3 is 0 Å². The first-order valence-corrected chi connectivity index (χ1v) is 11.0. The van der Waals surface area contributed by atoms with Crippen LogP contribution in [0.4, 0.5) is 0 Å². The van der Waals surface area contributed by atoms with Gasteiger partial charge in [-0.25, -0.2) is 8.42 Å². The molecule has 138 valence electrons. The Kier molecular flexibility index (Phi) is 4.82. The number of piperazine rings is 1. The quantitative estimate of drug-likeness (QED) is 0.821. The number of pyridine rings is 1. The van der Waals surface area contributed by atoms with E-state index in [1.807, 2.05) is 43.3 Å². The van der Waals surface area contributed by atoms with Crippen molar-refractivity contribution in [3.63, 3.8) is 0 Å². The average molecular weight is 372 g/mol. The molecule has 2 atom stereocenters. The fourth-order valence-electron chi connectivity index (χ4n) is 4.20. The number of nitrogens with zero attached hydrogens (tertiary/aromatic N) is 3. The van der Waals surface area contributed by atoms with Crippen LogP contribution in [-0.2, 0) is 22.9 Å². The highest BCUT2D eigenvalue weighted by Crippen LogP contribution is 2.29. The normalized spacial score (nSPS) is 25.9. The van der Waals surface area contributed by atoms with Crippen LogP contribution in [-0.4, -0.2) is 59.9 Å². The van der Waals surface area contributed by atoms with Crippen LogP contribution >= 0.6 is 0 Å². The summed E-state index contributed by atoms with van der Waals surface area (Å²) >= 11 is 0. The lowest BCUT2D eigenvalue weighted by Gasteiger charge is -2.43. The summed E-state index contributed by atoms with van der Waals surface area (Å²) in [6, 6.07) is 16.5. The van der Waals surface area contributed by atoms with Crippen molar-refractivity contribution in [3.05, 3.63) is 65.5 Å². The first kappa shape index (κ1) is 17.6. The third-order valence-corrected chi connectivity index (χ3v) is 7.14. The Labute approximate surface area is 155 Å². The van der Waals surface area contributed by atoms with E-state index in [0.29, 0.717) is 0 Å². The van der Waals surface area contributed by atoms with E-state index in [9.17, 15) is 8.42 Å². The van der Waals surface area contributed by atoms with Gasteiger partial charge in [0.05, 0.1) is 17.2 Å². The van der Waals surface area contributed by atoms with Crippen molar-refractivity contribution in [3.8, 4) is 0 Å². The molecular weight excluding hydrogens is 346 g/mol. The zero-order chi connectivity index (χ0) is 18.1. The van der Waals surface area contributed by atoms with Crippen LogP contribution in [0.1, 0.15) is 17.0 Å². The Bertz CT molecular complexity index is 870. The van der Waals surface area contributed by atoms with Gasteiger partial charge in [0.1, 0.15) is 0 Å². The van der Waals surface area contributed by atoms with E-state index in [0.717, 1.165) is 37.6 Å². The summed E-state index contributed by atoms with van der Waals surface area (Å²) in [7, 11) is -2.99. The van der Waals surface area contributed by atoms with Gasteiger partial charge in [-0.2, -0.15) is 0 Å². The van der Waals surface area contributed by atoms with E-state index >= 15 is 0 Å². The van der Waals surface area contributed by atoms with Crippen molar-refractivity contribution in [1.82, 2.24) is 14.8 Å². The minimum atomic E-state index is -2.99. The molecule has 0 amide bonds. The number of aryl methyl sites for hydroxylation is 1. The molecule has 0 spiro atoms. The summed E-state index contributed by atoms with van der Waals surface area (Å²) in [4.78, 5) is 9.27. The maximum Gasteiger partial charge on any atom is 0.153 e. The van der Waals surface area contributed by atoms with E-state index in [4.69, 9.17) is 0 Å². The lowest BCUT2D eigenvalue weighted by Crippen LogP contribution is -2.58. The molecule has 0 saturated carbocycles. The summed E-state index contributed by atoms with van der Waals surface area (Å²) in [6.45, 7) is 5.28. The Morgan fingerprint density at radius 2 is 1.58 bits per heavy atom. The summed E-state index contributed by atoms with van der Waals surface area (Å²) in [5.74, 6) is 0.525. The number of fused-ring (bicyclic) bond motifs is 1. The van der Waals surface area contributed by atoms with Crippen molar-refractivity contribution in [1.29, 1.82) is 0 Å². The molecule has 4 rings (SSSR count). The molecular formula is C20H25N3O2S. The predicted molar refractivity (Wildman–Crippen MR) is 102 cm³/mol. The van der Waals surface area contributed by atoms with Gasteiger partial charge in [0.15, 0.2) is 9.84 Å². The SMILES string of the molecule is Cc1cccc(CN2CCN(Cc3ccccc3)[C@@H]3CS(=O)(=O)C[C@@H]32)n1. The van der Waals surface area contributed by atoms with E-state index in [-0.39, 0.29) is 23.6 Å². The van der Waals surface area contributed by atoms with Gasteiger partial charge in [-0.3, -0.25) is 14.8 Å². The second kappa shape index (κ2) is 7.10. The molecule has 1 aromatic heterocycles. The summed E-state index contributed by atoms with van der Waals surface area (Å²) in [6.07, 6.45) is 0. The third kappa shape index (κ3) is 3.82. The third-order valence-electron chi connectivity index (χ3n) is 5.45. The van der Waals surface area contributed by atoms with Crippen molar-refractivity contribution >= 4 is 9.84 Å². The molecule has 5 nitrogen and oxygen atoms in total. The average Bonchev–Trinajstić information content (AvgIpc) is 2.94. The molecule has 0 bridgehead atoms. The van der Waals surface area contributed by atoms with Crippen LogP contribution in [0.25, 0.3) is 0 Å². The summed E-state index contributed by atoms with van der Waals surface area (Å²) < 4.78 is 24.8. The molecule has 0 aliphatic carbocycles. The van der Waals surface area contributed by atoms with Gasteiger partial charge in [0.25, 0.3) is 0 Å². The molecule has 1 aromatic carbocycles. The van der Waals surface area contributed by atoms with E-state index < -0.39 is 9.84 Å². The highest BCUT2D eigenvalue weighted by atomic mass is 32.2. The molecule has 2 saturated heterocycles. The molecule has 2 aliphatic heterocycles. The van der Waals surface area contributed by atoms with E-state index in [1.54, 1.807) is 0 Å². The number of rotatable bonds is 4. The van der Waals surface area contributed by atoms with Gasteiger partial charge in [-0.05, 0) is 24.6 Å². The molecule has 0 N–H and O–H groups in total. The second-order valence-electron chi connectivity index (χ2n) is 7.41.